The summed E-state index contributed by atoms with van der Waals surface area (Å²) in [4.78, 5) is -0.0546. The molecule has 1 saturated heterocycles. The lowest BCUT2D eigenvalue weighted by atomic mass is 10.1. The van der Waals surface area contributed by atoms with Crippen LogP contribution in [0.5, 0.6) is 0 Å². The molecule has 1 fully saturated rings. The minimum atomic E-state index is -3.71. The SMILES string of the molecule is Cl.N#Cc1c(Cl)cccc1S(=O)(=O)NC1CCNCC1. The molecule has 20 heavy (non-hydrogen) atoms. The Kier molecular flexibility index (Phi) is 6.24. The predicted octanol–water partition coefficient (Wildman–Crippen LogP) is 1.66. The van der Waals surface area contributed by atoms with Crippen LogP contribution >= 0.6 is 24.0 Å². The fraction of sp³-hybridized carbons (Fsp3) is 0.417. The number of nitriles is 1. The molecule has 110 valence electrons. The van der Waals surface area contributed by atoms with E-state index >= 15 is 0 Å². The van der Waals surface area contributed by atoms with Crippen LogP contribution < -0.4 is 10.0 Å². The molecule has 0 radical (unpaired) electrons. The molecule has 0 atom stereocenters. The molecule has 1 heterocycles. The van der Waals surface area contributed by atoms with Crippen LogP contribution in [-0.2, 0) is 10.0 Å². The lowest BCUT2D eigenvalue weighted by Crippen LogP contribution is -2.42. The van der Waals surface area contributed by atoms with Crippen LogP contribution in [0, 0.1) is 11.3 Å². The van der Waals surface area contributed by atoms with Crippen molar-refractivity contribution in [3.05, 3.63) is 28.8 Å². The Morgan fingerprint density at radius 1 is 1.35 bits per heavy atom. The highest BCUT2D eigenvalue weighted by Gasteiger charge is 2.24. The quantitative estimate of drug-likeness (QED) is 0.880. The zero-order chi connectivity index (χ0) is 13.9. The van der Waals surface area contributed by atoms with Crippen LogP contribution in [0.2, 0.25) is 5.02 Å². The third-order valence-electron chi connectivity index (χ3n) is 3.04. The Hall–Kier alpha value is -0.840. The number of rotatable bonds is 3. The summed E-state index contributed by atoms with van der Waals surface area (Å²) >= 11 is 5.85. The highest BCUT2D eigenvalue weighted by atomic mass is 35.5. The molecule has 2 N–H and O–H groups in total. The first kappa shape index (κ1) is 17.2. The zero-order valence-corrected chi connectivity index (χ0v) is 13.0. The number of halogens is 2. The molecule has 0 aliphatic carbocycles. The van der Waals surface area contributed by atoms with Gasteiger partial charge in [-0.1, -0.05) is 17.7 Å². The van der Waals surface area contributed by atoms with Gasteiger partial charge < -0.3 is 5.32 Å². The molecule has 1 aromatic carbocycles. The molecule has 1 aromatic rings. The molecule has 0 aromatic heterocycles. The van der Waals surface area contributed by atoms with E-state index in [2.05, 4.69) is 10.0 Å². The standard InChI is InChI=1S/C12H14ClN3O2S.ClH/c13-11-2-1-3-12(10(11)8-14)19(17,18)16-9-4-6-15-7-5-9;/h1-3,9,15-16H,4-7H2;1H. The second-order valence-electron chi connectivity index (χ2n) is 4.37. The average molecular weight is 336 g/mol. The van der Waals surface area contributed by atoms with Crippen LogP contribution in [0.1, 0.15) is 18.4 Å². The third kappa shape index (κ3) is 3.84. The van der Waals surface area contributed by atoms with E-state index in [0.29, 0.717) is 0 Å². The van der Waals surface area contributed by atoms with Gasteiger partial charge in [0, 0.05) is 6.04 Å². The van der Waals surface area contributed by atoms with Gasteiger partial charge in [0.1, 0.15) is 11.0 Å². The van der Waals surface area contributed by atoms with Gasteiger partial charge in [0.05, 0.1) is 10.6 Å². The van der Waals surface area contributed by atoms with Crippen LogP contribution in [0.25, 0.3) is 0 Å². The summed E-state index contributed by atoms with van der Waals surface area (Å²) in [5.74, 6) is 0. The van der Waals surface area contributed by atoms with Gasteiger partial charge in [-0.2, -0.15) is 5.26 Å². The molecule has 0 spiro atoms. The minimum Gasteiger partial charge on any atom is -0.317 e. The van der Waals surface area contributed by atoms with Gasteiger partial charge in [0.2, 0.25) is 10.0 Å². The summed E-state index contributed by atoms with van der Waals surface area (Å²) in [6.07, 6.45) is 1.48. The molecular formula is C12H15Cl2N3O2S. The van der Waals surface area contributed by atoms with E-state index in [9.17, 15) is 8.42 Å². The van der Waals surface area contributed by atoms with Gasteiger partial charge in [-0.25, -0.2) is 13.1 Å². The van der Waals surface area contributed by atoms with Crippen molar-refractivity contribution < 1.29 is 8.42 Å². The first-order valence-corrected chi connectivity index (χ1v) is 7.82. The van der Waals surface area contributed by atoms with Gasteiger partial charge in [-0.15, -0.1) is 12.4 Å². The van der Waals surface area contributed by atoms with Gasteiger partial charge in [0.25, 0.3) is 0 Å². The Balaban J connectivity index is 0.00000200. The monoisotopic (exact) mass is 335 g/mol. The fourth-order valence-corrected chi connectivity index (χ4v) is 3.82. The van der Waals surface area contributed by atoms with Crippen LogP contribution in [-0.4, -0.2) is 27.5 Å². The van der Waals surface area contributed by atoms with E-state index < -0.39 is 10.0 Å². The Labute approximate surface area is 129 Å². The first-order valence-electron chi connectivity index (χ1n) is 5.96. The van der Waals surface area contributed by atoms with Gasteiger partial charge in [-0.05, 0) is 38.1 Å². The summed E-state index contributed by atoms with van der Waals surface area (Å²) in [6, 6.07) is 6.17. The van der Waals surface area contributed by atoms with E-state index in [1.807, 2.05) is 6.07 Å². The smallest absolute Gasteiger partial charge is 0.242 e. The van der Waals surface area contributed by atoms with Crippen molar-refractivity contribution in [2.75, 3.05) is 13.1 Å². The molecule has 0 bridgehead atoms. The average Bonchev–Trinajstić information content (AvgIpc) is 2.39. The van der Waals surface area contributed by atoms with E-state index in [1.54, 1.807) is 0 Å². The van der Waals surface area contributed by atoms with Crippen molar-refractivity contribution in [2.45, 2.75) is 23.8 Å². The van der Waals surface area contributed by atoms with Gasteiger partial charge in [-0.3, -0.25) is 0 Å². The molecule has 0 unspecified atom stereocenters. The van der Waals surface area contributed by atoms with Crippen LogP contribution in [0.4, 0.5) is 0 Å². The highest BCUT2D eigenvalue weighted by molar-refractivity contribution is 7.89. The number of hydrogen-bond donors (Lipinski definition) is 2. The lowest BCUT2D eigenvalue weighted by molar-refractivity contribution is 0.427. The molecular weight excluding hydrogens is 321 g/mol. The second-order valence-corrected chi connectivity index (χ2v) is 6.46. The topological polar surface area (TPSA) is 82.0 Å². The number of sulfonamides is 1. The summed E-state index contributed by atoms with van der Waals surface area (Å²) in [5, 5.41) is 12.3. The second kappa shape index (κ2) is 7.25. The minimum absolute atomic E-state index is 0. The summed E-state index contributed by atoms with van der Waals surface area (Å²) in [6.45, 7) is 1.57. The maximum atomic E-state index is 12.3. The van der Waals surface area contributed by atoms with Crippen molar-refractivity contribution in [3.63, 3.8) is 0 Å². The molecule has 1 aliphatic rings. The number of benzene rings is 1. The molecule has 0 amide bonds. The van der Waals surface area contributed by atoms with Gasteiger partial charge in [0.15, 0.2) is 0 Å². The predicted molar refractivity (Wildman–Crippen MR) is 79.6 cm³/mol. The maximum absolute atomic E-state index is 12.3. The van der Waals surface area contributed by atoms with Crippen LogP contribution in [0.3, 0.4) is 0 Å². The zero-order valence-electron chi connectivity index (χ0n) is 10.6. The van der Waals surface area contributed by atoms with E-state index in [4.69, 9.17) is 16.9 Å². The highest BCUT2D eigenvalue weighted by Crippen LogP contribution is 2.23. The van der Waals surface area contributed by atoms with Gasteiger partial charge >= 0.3 is 0 Å². The number of nitrogens with zero attached hydrogens (tertiary/aromatic N) is 1. The summed E-state index contributed by atoms with van der Waals surface area (Å²) < 4.78 is 27.2. The third-order valence-corrected chi connectivity index (χ3v) is 4.92. The van der Waals surface area contributed by atoms with E-state index in [0.717, 1.165) is 25.9 Å². The van der Waals surface area contributed by atoms with Crippen molar-refractivity contribution in [1.82, 2.24) is 10.0 Å². The number of piperidine rings is 1. The van der Waals surface area contributed by atoms with Crippen molar-refractivity contribution in [2.24, 2.45) is 0 Å². The summed E-state index contributed by atoms with van der Waals surface area (Å²) in [7, 11) is -3.71. The Bertz CT molecular complexity index is 608. The van der Waals surface area contributed by atoms with Crippen molar-refractivity contribution in [1.29, 1.82) is 5.26 Å². The Morgan fingerprint density at radius 3 is 2.60 bits per heavy atom. The first-order chi connectivity index (χ1) is 9.04. The number of hydrogen-bond acceptors (Lipinski definition) is 4. The normalized spacial score (nSPS) is 16.2. The molecule has 1 aliphatic heterocycles. The van der Waals surface area contributed by atoms with E-state index in [-0.39, 0.29) is 33.9 Å². The lowest BCUT2D eigenvalue weighted by Gasteiger charge is -2.23. The van der Waals surface area contributed by atoms with Crippen molar-refractivity contribution >= 4 is 34.0 Å². The number of nitrogens with one attached hydrogen (secondary N) is 2. The van der Waals surface area contributed by atoms with E-state index in [1.165, 1.54) is 18.2 Å². The largest absolute Gasteiger partial charge is 0.317 e. The molecule has 0 saturated carbocycles. The van der Waals surface area contributed by atoms with Crippen molar-refractivity contribution in [3.8, 4) is 6.07 Å². The molecule has 5 nitrogen and oxygen atoms in total. The van der Waals surface area contributed by atoms with Crippen LogP contribution in [0.15, 0.2) is 23.1 Å². The maximum Gasteiger partial charge on any atom is 0.242 e. The molecule has 8 heteroatoms. The fourth-order valence-electron chi connectivity index (χ4n) is 2.06. The molecule has 2 rings (SSSR count). The Morgan fingerprint density at radius 2 is 2.00 bits per heavy atom. The summed E-state index contributed by atoms with van der Waals surface area (Å²) in [5.41, 5.74) is -0.00870.